The molecule has 2 aliphatic carbocycles. The summed E-state index contributed by atoms with van der Waals surface area (Å²) in [5, 5.41) is 2.78. The van der Waals surface area contributed by atoms with E-state index in [4.69, 9.17) is 4.74 Å². The zero-order valence-electron chi connectivity index (χ0n) is 19.4. The van der Waals surface area contributed by atoms with Crippen molar-refractivity contribution in [3.63, 3.8) is 0 Å². The second-order valence-electron chi connectivity index (χ2n) is 10.7. The molecule has 184 valence electrons. The van der Waals surface area contributed by atoms with E-state index in [1.54, 1.807) is 6.07 Å². The maximum Gasteiger partial charge on any atom is 0.395 e. The van der Waals surface area contributed by atoms with Gasteiger partial charge in [0, 0.05) is 18.7 Å². The molecular formula is C25H34F4N2O2. The van der Waals surface area contributed by atoms with Gasteiger partial charge in [0.2, 0.25) is 0 Å². The average Bonchev–Trinajstić information content (AvgIpc) is 3.64. The lowest BCUT2D eigenvalue weighted by Gasteiger charge is -2.38. The van der Waals surface area contributed by atoms with Crippen LogP contribution in [0, 0.1) is 29.0 Å². The Bertz CT molecular complexity index is 845. The SMILES string of the molecule is CC(C)(CN1CCC(C2C[C@H]2CCOc2ccc(C(=O)NC3CC3)c(F)c2)CC1)C(F)(F)F. The van der Waals surface area contributed by atoms with Crippen molar-refractivity contribution >= 4 is 5.91 Å². The van der Waals surface area contributed by atoms with Crippen LogP contribution >= 0.6 is 0 Å². The van der Waals surface area contributed by atoms with Gasteiger partial charge in [0.1, 0.15) is 11.6 Å². The molecule has 33 heavy (non-hydrogen) atoms. The van der Waals surface area contributed by atoms with Crippen molar-refractivity contribution in [2.75, 3.05) is 26.2 Å². The topological polar surface area (TPSA) is 41.6 Å². The zero-order valence-corrected chi connectivity index (χ0v) is 19.4. The predicted molar refractivity (Wildman–Crippen MR) is 118 cm³/mol. The highest BCUT2D eigenvalue weighted by Crippen LogP contribution is 2.50. The van der Waals surface area contributed by atoms with Gasteiger partial charge in [0.05, 0.1) is 17.6 Å². The molecule has 0 aromatic heterocycles. The van der Waals surface area contributed by atoms with E-state index in [0.717, 1.165) is 51.6 Å². The van der Waals surface area contributed by atoms with Gasteiger partial charge in [-0.05, 0) is 95.3 Å². The summed E-state index contributed by atoms with van der Waals surface area (Å²) in [6, 6.07) is 4.55. The fourth-order valence-electron chi connectivity index (χ4n) is 4.96. The molecule has 1 aliphatic heterocycles. The number of likely N-dealkylation sites (tertiary alicyclic amines) is 1. The van der Waals surface area contributed by atoms with E-state index in [1.807, 2.05) is 4.90 Å². The number of rotatable bonds is 9. The number of piperidine rings is 1. The number of amides is 1. The second-order valence-corrected chi connectivity index (χ2v) is 10.7. The van der Waals surface area contributed by atoms with Crippen molar-refractivity contribution in [2.24, 2.45) is 23.2 Å². The van der Waals surface area contributed by atoms with Crippen LogP contribution in [0.1, 0.15) is 62.7 Å². The van der Waals surface area contributed by atoms with E-state index >= 15 is 0 Å². The van der Waals surface area contributed by atoms with Crippen LogP contribution < -0.4 is 10.1 Å². The normalized spacial score (nSPS) is 24.5. The molecule has 1 unspecified atom stereocenters. The molecule has 2 saturated carbocycles. The quantitative estimate of drug-likeness (QED) is 0.490. The van der Waals surface area contributed by atoms with Crippen molar-refractivity contribution in [3.8, 4) is 5.75 Å². The number of ether oxygens (including phenoxy) is 1. The first-order valence-corrected chi connectivity index (χ1v) is 12.1. The van der Waals surface area contributed by atoms with E-state index in [-0.39, 0.29) is 24.1 Å². The van der Waals surface area contributed by atoms with Gasteiger partial charge in [-0.15, -0.1) is 0 Å². The highest BCUT2D eigenvalue weighted by Gasteiger charge is 2.49. The molecule has 3 aliphatic rings. The number of alkyl halides is 3. The summed E-state index contributed by atoms with van der Waals surface area (Å²) >= 11 is 0. The van der Waals surface area contributed by atoms with E-state index < -0.39 is 17.4 Å². The smallest absolute Gasteiger partial charge is 0.395 e. The lowest BCUT2D eigenvalue weighted by molar-refractivity contribution is -0.217. The summed E-state index contributed by atoms with van der Waals surface area (Å²) in [5.74, 6) is 1.24. The summed E-state index contributed by atoms with van der Waals surface area (Å²) in [6.45, 7) is 4.56. The van der Waals surface area contributed by atoms with Crippen molar-refractivity contribution in [3.05, 3.63) is 29.6 Å². The molecule has 1 N–H and O–H groups in total. The molecule has 3 fully saturated rings. The number of hydrogen-bond donors (Lipinski definition) is 1. The maximum absolute atomic E-state index is 14.3. The number of carbonyl (C=O) groups is 1. The van der Waals surface area contributed by atoms with Crippen LogP contribution in [0.15, 0.2) is 18.2 Å². The summed E-state index contributed by atoms with van der Waals surface area (Å²) in [7, 11) is 0. The Hall–Kier alpha value is -1.83. The van der Waals surface area contributed by atoms with E-state index in [2.05, 4.69) is 5.32 Å². The lowest BCUT2D eigenvalue weighted by Crippen LogP contribution is -2.46. The van der Waals surface area contributed by atoms with Crippen LogP contribution in [0.25, 0.3) is 0 Å². The minimum Gasteiger partial charge on any atom is -0.493 e. The minimum atomic E-state index is -4.18. The first kappa shape index (κ1) is 24.3. The number of halogens is 4. The lowest BCUT2D eigenvalue weighted by atomic mass is 9.87. The number of nitrogens with zero attached hydrogens (tertiary/aromatic N) is 1. The Labute approximate surface area is 193 Å². The highest BCUT2D eigenvalue weighted by molar-refractivity contribution is 5.95. The molecule has 4 rings (SSSR count). The Morgan fingerprint density at radius 1 is 1.15 bits per heavy atom. The molecular weight excluding hydrogens is 436 g/mol. The first-order chi connectivity index (χ1) is 15.5. The molecule has 1 aromatic carbocycles. The highest BCUT2D eigenvalue weighted by atomic mass is 19.4. The second kappa shape index (κ2) is 9.43. The average molecular weight is 471 g/mol. The molecule has 1 saturated heterocycles. The van der Waals surface area contributed by atoms with Gasteiger partial charge in [0.15, 0.2) is 0 Å². The molecule has 1 aromatic rings. The van der Waals surface area contributed by atoms with E-state index in [9.17, 15) is 22.4 Å². The van der Waals surface area contributed by atoms with Crippen molar-refractivity contribution in [1.29, 1.82) is 0 Å². The maximum atomic E-state index is 14.3. The Balaban J connectivity index is 1.15. The van der Waals surface area contributed by atoms with Gasteiger partial charge >= 0.3 is 6.18 Å². The summed E-state index contributed by atoms with van der Waals surface area (Å²) in [5.41, 5.74) is -1.64. The monoisotopic (exact) mass is 470 g/mol. The van der Waals surface area contributed by atoms with E-state index in [1.165, 1.54) is 26.0 Å². The number of benzene rings is 1. The number of hydrogen-bond acceptors (Lipinski definition) is 3. The largest absolute Gasteiger partial charge is 0.493 e. The fraction of sp³-hybridized carbons (Fsp3) is 0.720. The van der Waals surface area contributed by atoms with Gasteiger partial charge in [-0.25, -0.2) is 4.39 Å². The third-order valence-corrected chi connectivity index (χ3v) is 7.46. The summed E-state index contributed by atoms with van der Waals surface area (Å²) < 4.78 is 59.4. The first-order valence-electron chi connectivity index (χ1n) is 12.1. The molecule has 0 bridgehead atoms. The predicted octanol–water partition coefficient (Wildman–Crippen LogP) is 5.42. The molecule has 8 heteroatoms. The van der Waals surface area contributed by atoms with Gasteiger partial charge in [-0.2, -0.15) is 13.2 Å². The van der Waals surface area contributed by atoms with Gasteiger partial charge < -0.3 is 15.0 Å². The number of carbonyl (C=O) groups excluding carboxylic acids is 1. The summed E-state index contributed by atoms with van der Waals surface area (Å²) in [4.78, 5) is 14.0. The Morgan fingerprint density at radius 3 is 2.45 bits per heavy atom. The molecule has 1 amide bonds. The number of nitrogens with one attached hydrogen (secondary N) is 1. The Morgan fingerprint density at radius 2 is 1.85 bits per heavy atom. The van der Waals surface area contributed by atoms with Crippen LogP contribution in [-0.4, -0.2) is 49.3 Å². The van der Waals surface area contributed by atoms with Crippen LogP contribution in [0.5, 0.6) is 5.75 Å². The van der Waals surface area contributed by atoms with Gasteiger partial charge in [-0.3, -0.25) is 4.79 Å². The van der Waals surface area contributed by atoms with Crippen LogP contribution in [0.3, 0.4) is 0 Å². The van der Waals surface area contributed by atoms with Gasteiger partial charge in [-0.1, -0.05) is 0 Å². The van der Waals surface area contributed by atoms with Crippen LogP contribution in [0.4, 0.5) is 17.6 Å². The molecule has 4 nitrogen and oxygen atoms in total. The third kappa shape index (κ3) is 6.19. The minimum absolute atomic E-state index is 0.0430. The van der Waals surface area contributed by atoms with Crippen LogP contribution in [-0.2, 0) is 0 Å². The van der Waals surface area contributed by atoms with Gasteiger partial charge in [0.25, 0.3) is 5.91 Å². The standard InChI is InChI=1S/C25H34F4N2O2/c1-24(2,25(27,28)29)15-31-10-7-16(8-11-31)21-13-17(21)9-12-33-19-5-6-20(22(26)14-19)23(32)30-18-3-4-18/h5-6,14,16-18,21H,3-4,7-13,15H2,1-2H3,(H,30,32)/t17-,21?/m1/s1. The van der Waals surface area contributed by atoms with Crippen molar-refractivity contribution < 1.29 is 27.1 Å². The van der Waals surface area contributed by atoms with Crippen LogP contribution in [0.2, 0.25) is 0 Å². The molecule has 0 spiro atoms. The molecule has 1 heterocycles. The third-order valence-electron chi connectivity index (χ3n) is 7.46. The zero-order chi connectivity index (χ0) is 23.8. The summed E-state index contributed by atoms with van der Waals surface area (Å²) in [6.07, 6.45) is 1.64. The van der Waals surface area contributed by atoms with Crippen molar-refractivity contribution in [1.82, 2.24) is 10.2 Å². The fourth-order valence-corrected chi connectivity index (χ4v) is 4.96. The molecule has 2 atom stereocenters. The van der Waals surface area contributed by atoms with E-state index in [0.29, 0.717) is 30.1 Å². The van der Waals surface area contributed by atoms with Crippen molar-refractivity contribution in [2.45, 2.75) is 64.6 Å². The molecule has 0 radical (unpaired) electrons. The Kier molecular flexibility index (Phi) is 6.95.